The van der Waals surface area contributed by atoms with Crippen molar-refractivity contribution >= 4 is 0 Å². The third-order valence-electron chi connectivity index (χ3n) is 8.59. The number of hydrogen-bond acceptors (Lipinski definition) is 1. The first-order valence-electron chi connectivity index (χ1n) is 9.35. The zero-order valence-corrected chi connectivity index (χ0v) is 14.1. The summed E-state index contributed by atoms with van der Waals surface area (Å²) in [6.07, 6.45) is 13.0. The van der Waals surface area contributed by atoms with Gasteiger partial charge in [-0.25, -0.2) is 0 Å². The van der Waals surface area contributed by atoms with E-state index in [4.69, 9.17) is 0 Å². The quantitative estimate of drug-likeness (QED) is 0.626. The Balaban J connectivity index is 1.72. The lowest BCUT2D eigenvalue weighted by atomic mass is 9.46. The fourth-order valence-electron chi connectivity index (χ4n) is 7.02. The molecule has 0 bridgehead atoms. The average Bonchev–Trinajstić information content (AvgIpc) is 2.76. The maximum Gasteiger partial charge on any atom is 0.0596 e. The van der Waals surface area contributed by atoms with E-state index in [9.17, 15) is 5.11 Å². The molecule has 0 spiro atoms. The van der Waals surface area contributed by atoms with Gasteiger partial charge in [0, 0.05) is 0 Å². The van der Waals surface area contributed by atoms with Gasteiger partial charge in [-0.3, -0.25) is 0 Å². The van der Waals surface area contributed by atoms with Crippen LogP contribution in [-0.4, -0.2) is 11.2 Å². The fraction of sp³-hybridized carbons (Fsp3) is 0.900. The second-order valence-corrected chi connectivity index (χ2v) is 9.06. The average molecular weight is 288 g/mol. The van der Waals surface area contributed by atoms with E-state index in [0.717, 1.165) is 30.1 Å². The molecule has 2 unspecified atom stereocenters. The molecule has 4 aliphatic rings. The van der Waals surface area contributed by atoms with Crippen molar-refractivity contribution < 1.29 is 5.11 Å². The standard InChI is InChI=1S/C20H32O/c1-13-5-4-6-14-7-8-15-16-9-10-18(21)19(16,2)12-11-17(15)20(13,14)3/h7,13,15-18,21H,4-6,8-12H2,1-3H3/t13?,15-,16-,17+,18?,19-,20-/m0/s1. The van der Waals surface area contributed by atoms with Crippen LogP contribution in [0.5, 0.6) is 0 Å². The van der Waals surface area contributed by atoms with Gasteiger partial charge in [-0.1, -0.05) is 32.4 Å². The van der Waals surface area contributed by atoms with E-state index >= 15 is 0 Å². The molecule has 0 radical (unpaired) electrons. The van der Waals surface area contributed by atoms with E-state index in [1.54, 1.807) is 5.57 Å². The first-order chi connectivity index (χ1) is 9.98. The zero-order chi connectivity index (χ0) is 14.8. The van der Waals surface area contributed by atoms with Crippen LogP contribution in [0.4, 0.5) is 0 Å². The van der Waals surface area contributed by atoms with E-state index in [2.05, 4.69) is 26.8 Å². The molecule has 0 aromatic carbocycles. The van der Waals surface area contributed by atoms with Crippen LogP contribution < -0.4 is 0 Å². The van der Waals surface area contributed by atoms with Gasteiger partial charge in [0.15, 0.2) is 0 Å². The van der Waals surface area contributed by atoms with Crippen molar-refractivity contribution in [2.75, 3.05) is 0 Å². The number of aliphatic hydroxyl groups is 1. The molecule has 0 aromatic heterocycles. The topological polar surface area (TPSA) is 20.2 Å². The van der Waals surface area contributed by atoms with Gasteiger partial charge < -0.3 is 5.11 Å². The molecule has 4 rings (SSSR count). The highest BCUT2D eigenvalue weighted by Gasteiger charge is 2.59. The van der Waals surface area contributed by atoms with Crippen molar-refractivity contribution in [3.63, 3.8) is 0 Å². The summed E-state index contributed by atoms with van der Waals surface area (Å²) in [6.45, 7) is 7.48. The van der Waals surface area contributed by atoms with E-state index in [1.807, 2.05) is 0 Å². The van der Waals surface area contributed by atoms with Gasteiger partial charge in [-0.05, 0) is 85.9 Å². The van der Waals surface area contributed by atoms with Gasteiger partial charge in [0.05, 0.1) is 6.10 Å². The Morgan fingerprint density at radius 1 is 1.10 bits per heavy atom. The Morgan fingerprint density at radius 2 is 1.90 bits per heavy atom. The molecular weight excluding hydrogens is 256 g/mol. The molecule has 118 valence electrons. The lowest BCUT2D eigenvalue weighted by Gasteiger charge is -2.59. The lowest BCUT2D eigenvalue weighted by molar-refractivity contribution is -0.0775. The first kappa shape index (κ1) is 14.3. The van der Waals surface area contributed by atoms with Crippen LogP contribution in [0.2, 0.25) is 0 Å². The van der Waals surface area contributed by atoms with Crippen LogP contribution in [0.15, 0.2) is 11.6 Å². The highest BCUT2D eigenvalue weighted by Crippen LogP contribution is 2.65. The lowest BCUT2D eigenvalue weighted by Crippen LogP contribution is -2.52. The van der Waals surface area contributed by atoms with E-state index in [-0.39, 0.29) is 11.5 Å². The van der Waals surface area contributed by atoms with Crippen molar-refractivity contribution in [2.45, 2.75) is 78.2 Å². The normalized spacial score (nSPS) is 56.2. The summed E-state index contributed by atoms with van der Waals surface area (Å²) in [5, 5.41) is 10.5. The number of hydrogen-bond donors (Lipinski definition) is 1. The third kappa shape index (κ3) is 1.73. The maximum absolute atomic E-state index is 10.5. The molecular formula is C20H32O. The Morgan fingerprint density at radius 3 is 2.71 bits per heavy atom. The minimum atomic E-state index is -0.0367. The van der Waals surface area contributed by atoms with Gasteiger partial charge in [0.25, 0.3) is 0 Å². The van der Waals surface area contributed by atoms with Crippen molar-refractivity contribution in [3.8, 4) is 0 Å². The summed E-state index contributed by atoms with van der Waals surface area (Å²) in [5.74, 6) is 3.35. The highest BCUT2D eigenvalue weighted by atomic mass is 16.3. The van der Waals surface area contributed by atoms with Crippen molar-refractivity contribution in [1.82, 2.24) is 0 Å². The minimum absolute atomic E-state index is 0.0367. The van der Waals surface area contributed by atoms with E-state index in [1.165, 1.54) is 44.9 Å². The second-order valence-electron chi connectivity index (χ2n) is 9.06. The van der Waals surface area contributed by atoms with Gasteiger partial charge in [-0.2, -0.15) is 0 Å². The highest BCUT2D eigenvalue weighted by molar-refractivity contribution is 5.25. The summed E-state index contributed by atoms with van der Waals surface area (Å²) in [4.78, 5) is 0. The predicted molar refractivity (Wildman–Crippen MR) is 86.9 cm³/mol. The fourth-order valence-corrected chi connectivity index (χ4v) is 7.02. The molecule has 3 fully saturated rings. The minimum Gasteiger partial charge on any atom is -0.393 e. The number of fused-ring (bicyclic) bond motifs is 5. The van der Waals surface area contributed by atoms with Crippen LogP contribution in [0.1, 0.15) is 72.1 Å². The predicted octanol–water partition coefficient (Wildman–Crippen LogP) is 4.95. The summed E-state index contributed by atoms with van der Waals surface area (Å²) < 4.78 is 0. The van der Waals surface area contributed by atoms with E-state index < -0.39 is 0 Å². The molecule has 1 heteroatoms. The molecule has 3 saturated carbocycles. The molecule has 7 atom stereocenters. The van der Waals surface area contributed by atoms with Crippen molar-refractivity contribution in [2.24, 2.45) is 34.5 Å². The Kier molecular flexibility index (Phi) is 3.13. The van der Waals surface area contributed by atoms with E-state index in [0.29, 0.717) is 5.41 Å². The Hall–Kier alpha value is -0.300. The number of aliphatic hydroxyl groups excluding tert-OH is 1. The number of allylic oxidation sites excluding steroid dienone is 2. The van der Waals surface area contributed by atoms with Crippen LogP contribution in [0, 0.1) is 34.5 Å². The third-order valence-corrected chi connectivity index (χ3v) is 8.59. The van der Waals surface area contributed by atoms with Crippen LogP contribution in [-0.2, 0) is 0 Å². The van der Waals surface area contributed by atoms with Crippen LogP contribution in [0.25, 0.3) is 0 Å². The van der Waals surface area contributed by atoms with Crippen LogP contribution >= 0.6 is 0 Å². The molecule has 1 N–H and O–H groups in total. The first-order valence-corrected chi connectivity index (χ1v) is 9.35. The molecule has 1 nitrogen and oxygen atoms in total. The molecule has 0 saturated heterocycles. The van der Waals surface area contributed by atoms with Gasteiger partial charge in [0.1, 0.15) is 0 Å². The van der Waals surface area contributed by atoms with Gasteiger partial charge in [-0.15, -0.1) is 0 Å². The zero-order valence-electron chi connectivity index (χ0n) is 14.1. The van der Waals surface area contributed by atoms with Gasteiger partial charge in [0.2, 0.25) is 0 Å². The molecule has 0 amide bonds. The summed E-state index contributed by atoms with van der Waals surface area (Å²) in [5.41, 5.74) is 2.49. The largest absolute Gasteiger partial charge is 0.393 e. The smallest absolute Gasteiger partial charge is 0.0596 e. The van der Waals surface area contributed by atoms with Gasteiger partial charge >= 0.3 is 0 Å². The summed E-state index contributed by atoms with van der Waals surface area (Å²) >= 11 is 0. The second kappa shape index (κ2) is 4.60. The molecule has 0 aromatic rings. The Labute approximate surface area is 130 Å². The maximum atomic E-state index is 10.5. The SMILES string of the molecule is CC1CCCC2=CC[C@@H]3[C@@H](CC[C@]4(C)C(O)CC[C@@H]34)[C@]21C. The Bertz CT molecular complexity index is 466. The molecule has 4 aliphatic carbocycles. The molecule has 21 heavy (non-hydrogen) atoms. The van der Waals surface area contributed by atoms with Crippen molar-refractivity contribution in [1.29, 1.82) is 0 Å². The van der Waals surface area contributed by atoms with Crippen molar-refractivity contribution in [3.05, 3.63) is 11.6 Å². The summed E-state index contributed by atoms with van der Waals surface area (Å²) in [7, 11) is 0. The monoisotopic (exact) mass is 288 g/mol. The molecule has 0 aliphatic heterocycles. The summed E-state index contributed by atoms with van der Waals surface area (Å²) in [6, 6.07) is 0. The number of rotatable bonds is 0. The molecule has 0 heterocycles. The van der Waals surface area contributed by atoms with Crippen LogP contribution in [0.3, 0.4) is 0 Å².